The SMILES string of the molecule is CC1COCCC1C(=O)NC1CCCCCC1Cl. The predicted octanol–water partition coefficient (Wildman–Crippen LogP) is 2.72. The molecular formula is C14H24ClNO2. The van der Waals surface area contributed by atoms with E-state index in [9.17, 15) is 4.79 Å². The molecule has 1 aliphatic heterocycles. The summed E-state index contributed by atoms with van der Waals surface area (Å²) in [6, 6.07) is 0.164. The van der Waals surface area contributed by atoms with Crippen LogP contribution in [-0.4, -0.2) is 30.5 Å². The highest BCUT2D eigenvalue weighted by Gasteiger charge is 2.31. The molecule has 1 N–H and O–H groups in total. The van der Waals surface area contributed by atoms with Crippen molar-refractivity contribution in [2.75, 3.05) is 13.2 Å². The van der Waals surface area contributed by atoms with Crippen molar-refractivity contribution in [3.8, 4) is 0 Å². The maximum atomic E-state index is 12.3. The Morgan fingerprint density at radius 3 is 2.78 bits per heavy atom. The van der Waals surface area contributed by atoms with Gasteiger partial charge in [0, 0.05) is 25.2 Å². The van der Waals surface area contributed by atoms with Gasteiger partial charge in [-0.25, -0.2) is 0 Å². The smallest absolute Gasteiger partial charge is 0.223 e. The number of halogens is 1. The average molecular weight is 274 g/mol. The molecule has 1 aliphatic carbocycles. The quantitative estimate of drug-likeness (QED) is 0.621. The van der Waals surface area contributed by atoms with E-state index in [0.717, 1.165) is 19.3 Å². The van der Waals surface area contributed by atoms with Gasteiger partial charge in [0.2, 0.25) is 5.91 Å². The van der Waals surface area contributed by atoms with E-state index in [4.69, 9.17) is 16.3 Å². The summed E-state index contributed by atoms with van der Waals surface area (Å²) in [5.41, 5.74) is 0. The molecule has 4 unspecified atom stereocenters. The number of carbonyl (C=O) groups excluding carboxylic acids is 1. The highest BCUT2D eigenvalue weighted by atomic mass is 35.5. The lowest BCUT2D eigenvalue weighted by Gasteiger charge is -2.30. The summed E-state index contributed by atoms with van der Waals surface area (Å²) in [6.07, 6.45) is 6.50. The summed E-state index contributed by atoms with van der Waals surface area (Å²) >= 11 is 6.37. The van der Waals surface area contributed by atoms with Crippen molar-refractivity contribution < 1.29 is 9.53 Å². The van der Waals surface area contributed by atoms with Crippen molar-refractivity contribution in [1.82, 2.24) is 5.32 Å². The van der Waals surface area contributed by atoms with Crippen LogP contribution >= 0.6 is 11.6 Å². The minimum absolute atomic E-state index is 0.103. The molecule has 0 aromatic rings. The van der Waals surface area contributed by atoms with Crippen LogP contribution in [0.5, 0.6) is 0 Å². The third kappa shape index (κ3) is 3.61. The normalized spacial score (nSPS) is 37.9. The Morgan fingerprint density at radius 1 is 1.22 bits per heavy atom. The molecular weight excluding hydrogens is 250 g/mol. The third-order valence-electron chi connectivity index (χ3n) is 4.24. The number of carbonyl (C=O) groups is 1. The maximum Gasteiger partial charge on any atom is 0.223 e. The number of nitrogens with one attached hydrogen (secondary N) is 1. The molecule has 1 saturated carbocycles. The van der Waals surface area contributed by atoms with Crippen molar-refractivity contribution in [2.45, 2.75) is 56.9 Å². The molecule has 3 nitrogen and oxygen atoms in total. The molecule has 1 amide bonds. The monoisotopic (exact) mass is 273 g/mol. The Kier molecular flexibility index (Phi) is 5.31. The molecule has 2 fully saturated rings. The van der Waals surface area contributed by atoms with Gasteiger partial charge >= 0.3 is 0 Å². The van der Waals surface area contributed by atoms with Gasteiger partial charge in [0.05, 0.1) is 5.38 Å². The van der Waals surface area contributed by atoms with Gasteiger partial charge in [-0.05, 0) is 25.2 Å². The molecule has 4 heteroatoms. The number of hydrogen-bond donors (Lipinski definition) is 1. The first-order valence-electron chi connectivity index (χ1n) is 7.20. The number of amides is 1. The van der Waals surface area contributed by atoms with Crippen molar-refractivity contribution in [3.05, 3.63) is 0 Å². The van der Waals surface area contributed by atoms with E-state index in [2.05, 4.69) is 12.2 Å². The van der Waals surface area contributed by atoms with Crippen LogP contribution in [0, 0.1) is 11.8 Å². The molecule has 18 heavy (non-hydrogen) atoms. The van der Waals surface area contributed by atoms with Crippen molar-refractivity contribution in [2.24, 2.45) is 11.8 Å². The molecule has 0 radical (unpaired) electrons. The second-order valence-electron chi connectivity index (χ2n) is 5.72. The molecule has 0 bridgehead atoms. The van der Waals surface area contributed by atoms with E-state index >= 15 is 0 Å². The fraction of sp³-hybridized carbons (Fsp3) is 0.929. The van der Waals surface area contributed by atoms with Gasteiger partial charge in [0.1, 0.15) is 0 Å². The van der Waals surface area contributed by atoms with Crippen molar-refractivity contribution >= 4 is 17.5 Å². The van der Waals surface area contributed by atoms with E-state index in [1.807, 2.05) is 0 Å². The molecule has 4 atom stereocenters. The average Bonchev–Trinajstić information content (AvgIpc) is 2.55. The fourth-order valence-corrected chi connectivity index (χ4v) is 3.33. The van der Waals surface area contributed by atoms with E-state index in [0.29, 0.717) is 19.1 Å². The summed E-state index contributed by atoms with van der Waals surface area (Å²) in [4.78, 5) is 12.3. The van der Waals surface area contributed by atoms with Gasteiger partial charge < -0.3 is 10.1 Å². The lowest BCUT2D eigenvalue weighted by Crippen LogP contribution is -2.46. The minimum atomic E-state index is 0.103. The Balaban J connectivity index is 1.88. The van der Waals surface area contributed by atoms with Crippen LogP contribution in [0.15, 0.2) is 0 Å². The second kappa shape index (κ2) is 6.76. The minimum Gasteiger partial charge on any atom is -0.381 e. The molecule has 1 saturated heterocycles. The number of rotatable bonds is 2. The summed E-state index contributed by atoms with van der Waals surface area (Å²) in [7, 11) is 0. The van der Waals surface area contributed by atoms with Gasteiger partial charge in [-0.3, -0.25) is 4.79 Å². The lowest BCUT2D eigenvalue weighted by atomic mass is 9.88. The standard InChI is InChI=1S/C14H24ClNO2/c1-10-9-18-8-7-11(10)14(17)16-13-6-4-2-3-5-12(13)15/h10-13H,2-9H2,1H3,(H,16,17). The Bertz CT molecular complexity index is 285. The van der Waals surface area contributed by atoms with Crippen LogP contribution in [0.4, 0.5) is 0 Å². The topological polar surface area (TPSA) is 38.3 Å². The zero-order valence-electron chi connectivity index (χ0n) is 11.2. The molecule has 1 heterocycles. The van der Waals surface area contributed by atoms with Crippen LogP contribution in [-0.2, 0) is 9.53 Å². The zero-order chi connectivity index (χ0) is 13.0. The molecule has 0 spiro atoms. The Labute approximate surface area is 115 Å². The first-order valence-corrected chi connectivity index (χ1v) is 7.64. The Hall–Kier alpha value is -0.280. The van der Waals surface area contributed by atoms with Gasteiger partial charge in [0.15, 0.2) is 0 Å². The highest BCUT2D eigenvalue weighted by Crippen LogP contribution is 2.25. The zero-order valence-corrected chi connectivity index (χ0v) is 11.9. The molecule has 0 aromatic carbocycles. The van der Waals surface area contributed by atoms with Crippen molar-refractivity contribution in [3.63, 3.8) is 0 Å². The van der Waals surface area contributed by atoms with E-state index in [1.165, 1.54) is 19.3 Å². The van der Waals surface area contributed by atoms with Gasteiger partial charge in [0.25, 0.3) is 0 Å². The lowest BCUT2D eigenvalue weighted by molar-refractivity contribution is -0.131. The summed E-state index contributed by atoms with van der Waals surface area (Å²) < 4.78 is 5.39. The first-order chi connectivity index (χ1) is 8.68. The van der Waals surface area contributed by atoms with Crippen LogP contribution in [0.2, 0.25) is 0 Å². The van der Waals surface area contributed by atoms with Crippen LogP contribution in [0.1, 0.15) is 45.4 Å². The summed E-state index contributed by atoms with van der Waals surface area (Å²) in [5, 5.41) is 3.29. The van der Waals surface area contributed by atoms with Gasteiger partial charge in [-0.2, -0.15) is 0 Å². The van der Waals surface area contributed by atoms with E-state index < -0.39 is 0 Å². The number of ether oxygens (including phenoxy) is 1. The molecule has 2 aliphatic rings. The van der Waals surface area contributed by atoms with Crippen molar-refractivity contribution in [1.29, 1.82) is 0 Å². The number of alkyl halides is 1. The fourth-order valence-electron chi connectivity index (χ4n) is 2.98. The van der Waals surface area contributed by atoms with Crippen LogP contribution in [0.25, 0.3) is 0 Å². The second-order valence-corrected chi connectivity index (χ2v) is 6.28. The molecule has 104 valence electrons. The van der Waals surface area contributed by atoms with Gasteiger partial charge in [-0.1, -0.05) is 26.2 Å². The summed E-state index contributed by atoms with van der Waals surface area (Å²) in [5.74, 6) is 0.604. The van der Waals surface area contributed by atoms with E-state index in [-0.39, 0.29) is 23.2 Å². The largest absolute Gasteiger partial charge is 0.381 e. The number of hydrogen-bond acceptors (Lipinski definition) is 2. The third-order valence-corrected chi connectivity index (χ3v) is 4.76. The highest BCUT2D eigenvalue weighted by molar-refractivity contribution is 6.21. The van der Waals surface area contributed by atoms with Crippen LogP contribution in [0.3, 0.4) is 0 Å². The predicted molar refractivity (Wildman–Crippen MR) is 72.7 cm³/mol. The maximum absolute atomic E-state index is 12.3. The van der Waals surface area contributed by atoms with E-state index in [1.54, 1.807) is 0 Å². The first kappa shape index (κ1) is 14.1. The van der Waals surface area contributed by atoms with Crippen LogP contribution < -0.4 is 5.32 Å². The van der Waals surface area contributed by atoms with Gasteiger partial charge in [-0.15, -0.1) is 11.6 Å². The molecule has 2 rings (SSSR count). The Morgan fingerprint density at radius 2 is 2.00 bits per heavy atom. The summed E-state index contributed by atoms with van der Waals surface area (Å²) in [6.45, 7) is 3.50. The molecule has 0 aromatic heterocycles.